The first kappa shape index (κ1) is 9.96. The Morgan fingerprint density at radius 3 is 2.88 bits per heavy atom. The average molecular weight is 227 g/mol. The first-order valence-corrected chi connectivity index (χ1v) is 5.42. The van der Waals surface area contributed by atoms with Gasteiger partial charge in [-0.15, -0.1) is 0 Å². The van der Waals surface area contributed by atoms with Gasteiger partial charge in [0, 0.05) is 23.7 Å². The molecule has 4 nitrogen and oxygen atoms in total. The smallest absolute Gasteiger partial charge is 0.143 e. The normalized spacial score (nSPS) is 11.2. The third kappa shape index (κ3) is 1.41. The molecule has 0 bridgehead atoms. The van der Waals surface area contributed by atoms with Gasteiger partial charge in [-0.25, -0.2) is 0 Å². The molecule has 3 rings (SSSR count). The van der Waals surface area contributed by atoms with E-state index in [0.29, 0.717) is 0 Å². The van der Waals surface area contributed by atoms with Gasteiger partial charge >= 0.3 is 0 Å². The summed E-state index contributed by atoms with van der Waals surface area (Å²) in [4.78, 5) is 0. The molecule has 2 N–H and O–H groups in total. The molecule has 2 aromatic heterocycles. The lowest BCUT2D eigenvalue weighted by molar-refractivity contribution is 0.616. The Morgan fingerprint density at radius 1 is 1.35 bits per heavy atom. The molecule has 0 atom stereocenters. The third-order valence-corrected chi connectivity index (χ3v) is 2.95. The largest absolute Gasteiger partial charge is 0.464 e. The predicted octanol–water partition coefficient (Wildman–Crippen LogP) is 2.72. The first-order chi connectivity index (χ1) is 8.16. The summed E-state index contributed by atoms with van der Waals surface area (Å²) in [5.41, 5.74) is 10.6. The number of aromatic nitrogens is 2. The molecular formula is C13H13N3O. The van der Waals surface area contributed by atoms with Crippen molar-refractivity contribution in [3.8, 4) is 11.3 Å². The lowest BCUT2D eigenvalue weighted by atomic mass is 10.1. The SMILES string of the molecule is Cc1cnn(C)c1-c1cc(N)cc2ccoc12. The van der Waals surface area contributed by atoms with Crippen molar-refractivity contribution in [1.29, 1.82) is 0 Å². The number of nitrogens with zero attached hydrogens (tertiary/aromatic N) is 2. The molecule has 0 aliphatic rings. The van der Waals surface area contributed by atoms with Crippen LogP contribution in [-0.4, -0.2) is 9.78 Å². The molecular weight excluding hydrogens is 214 g/mol. The number of furan rings is 1. The molecule has 0 unspecified atom stereocenters. The summed E-state index contributed by atoms with van der Waals surface area (Å²) in [5.74, 6) is 0. The number of nitrogen functional groups attached to an aromatic ring is 1. The maximum absolute atomic E-state index is 5.92. The van der Waals surface area contributed by atoms with Crippen molar-refractivity contribution in [2.75, 3.05) is 5.73 Å². The minimum absolute atomic E-state index is 0.731. The van der Waals surface area contributed by atoms with Crippen LogP contribution in [0.2, 0.25) is 0 Å². The van der Waals surface area contributed by atoms with Gasteiger partial charge in [0.1, 0.15) is 5.58 Å². The maximum Gasteiger partial charge on any atom is 0.143 e. The highest BCUT2D eigenvalue weighted by atomic mass is 16.3. The second kappa shape index (κ2) is 3.38. The highest BCUT2D eigenvalue weighted by Crippen LogP contribution is 2.33. The summed E-state index contributed by atoms with van der Waals surface area (Å²) in [6.07, 6.45) is 3.52. The van der Waals surface area contributed by atoms with E-state index in [-0.39, 0.29) is 0 Å². The molecule has 0 fully saturated rings. The van der Waals surface area contributed by atoms with Gasteiger partial charge in [0.15, 0.2) is 0 Å². The second-order valence-electron chi connectivity index (χ2n) is 4.21. The van der Waals surface area contributed by atoms with Crippen molar-refractivity contribution in [2.24, 2.45) is 7.05 Å². The van der Waals surface area contributed by atoms with Crippen molar-refractivity contribution in [3.63, 3.8) is 0 Å². The molecule has 4 heteroatoms. The highest BCUT2D eigenvalue weighted by molar-refractivity contribution is 5.95. The summed E-state index contributed by atoms with van der Waals surface area (Å²) >= 11 is 0. The van der Waals surface area contributed by atoms with E-state index in [1.54, 1.807) is 6.26 Å². The lowest BCUT2D eigenvalue weighted by Crippen LogP contribution is -1.96. The molecule has 0 radical (unpaired) electrons. The van der Waals surface area contributed by atoms with Gasteiger partial charge in [0.05, 0.1) is 18.2 Å². The van der Waals surface area contributed by atoms with Crippen LogP contribution in [0.5, 0.6) is 0 Å². The number of nitrogens with two attached hydrogens (primary N) is 1. The molecule has 0 saturated carbocycles. The van der Waals surface area contributed by atoms with E-state index in [4.69, 9.17) is 10.2 Å². The molecule has 3 aromatic rings. The van der Waals surface area contributed by atoms with Crippen LogP contribution in [0.25, 0.3) is 22.2 Å². The Kier molecular flexibility index (Phi) is 1.98. The van der Waals surface area contributed by atoms with E-state index in [2.05, 4.69) is 5.10 Å². The Hall–Kier alpha value is -2.23. The average Bonchev–Trinajstić information content (AvgIpc) is 2.85. The molecule has 2 heterocycles. The number of fused-ring (bicyclic) bond motifs is 1. The van der Waals surface area contributed by atoms with Crippen molar-refractivity contribution in [2.45, 2.75) is 6.92 Å². The van der Waals surface area contributed by atoms with Crippen LogP contribution in [0, 0.1) is 6.92 Å². The van der Waals surface area contributed by atoms with E-state index in [9.17, 15) is 0 Å². The number of aryl methyl sites for hydroxylation is 2. The maximum atomic E-state index is 5.92. The minimum atomic E-state index is 0.731. The monoisotopic (exact) mass is 227 g/mol. The van der Waals surface area contributed by atoms with E-state index in [0.717, 1.165) is 33.5 Å². The summed E-state index contributed by atoms with van der Waals surface area (Å²) in [6, 6.07) is 5.75. The van der Waals surface area contributed by atoms with Gasteiger partial charge in [-0.05, 0) is 30.7 Å². The van der Waals surface area contributed by atoms with Crippen LogP contribution in [0.3, 0.4) is 0 Å². The Bertz CT molecular complexity index is 674. The first-order valence-electron chi connectivity index (χ1n) is 5.42. The van der Waals surface area contributed by atoms with Crippen molar-refractivity contribution in [3.05, 3.63) is 36.2 Å². The van der Waals surface area contributed by atoms with Gasteiger partial charge in [0.25, 0.3) is 0 Å². The molecule has 86 valence electrons. The van der Waals surface area contributed by atoms with Crippen molar-refractivity contribution >= 4 is 16.7 Å². The quantitative estimate of drug-likeness (QED) is 0.650. The molecule has 0 aliphatic carbocycles. The fraction of sp³-hybridized carbons (Fsp3) is 0.154. The standard InChI is InChI=1S/C13H13N3O/c1-8-7-15-16(2)12(8)11-6-10(14)5-9-3-4-17-13(9)11/h3-7H,14H2,1-2H3. The zero-order chi connectivity index (χ0) is 12.0. The number of hydrogen-bond acceptors (Lipinski definition) is 3. The Morgan fingerprint density at radius 2 is 2.18 bits per heavy atom. The Balaban J connectivity index is 2.40. The van der Waals surface area contributed by atoms with Crippen LogP contribution in [0.15, 0.2) is 35.1 Å². The fourth-order valence-electron chi connectivity index (χ4n) is 2.22. The van der Waals surface area contributed by atoms with Crippen LogP contribution in [0.1, 0.15) is 5.56 Å². The molecule has 1 aromatic carbocycles. The van der Waals surface area contributed by atoms with E-state index in [1.165, 1.54) is 0 Å². The topological polar surface area (TPSA) is 57.0 Å². The minimum Gasteiger partial charge on any atom is -0.464 e. The Labute approximate surface area is 98.6 Å². The zero-order valence-electron chi connectivity index (χ0n) is 9.77. The van der Waals surface area contributed by atoms with Crippen LogP contribution < -0.4 is 5.73 Å². The summed E-state index contributed by atoms with van der Waals surface area (Å²) in [5, 5.41) is 5.26. The van der Waals surface area contributed by atoms with Crippen LogP contribution >= 0.6 is 0 Å². The van der Waals surface area contributed by atoms with Gasteiger partial charge in [-0.2, -0.15) is 5.10 Å². The summed E-state index contributed by atoms with van der Waals surface area (Å²) in [6.45, 7) is 2.03. The highest BCUT2D eigenvalue weighted by Gasteiger charge is 2.14. The van der Waals surface area contributed by atoms with Gasteiger partial charge < -0.3 is 10.2 Å². The summed E-state index contributed by atoms with van der Waals surface area (Å²) < 4.78 is 7.38. The van der Waals surface area contributed by atoms with Gasteiger partial charge in [-0.3, -0.25) is 4.68 Å². The van der Waals surface area contributed by atoms with E-state index < -0.39 is 0 Å². The van der Waals surface area contributed by atoms with Crippen LogP contribution in [-0.2, 0) is 7.05 Å². The van der Waals surface area contributed by atoms with Gasteiger partial charge in [-0.1, -0.05) is 0 Å². The molecule has 0 saturated heterocycles. The van der Waals surface area contributed by atoms with E-state index in [1.807, 2.05) is 43.0 Å². The van der Waals surface area contributed by atoms with Crippen molar-refractivity contribution < 1.29 is 4.42 Å². The number of benzene rings is 1. The number of rotatable bonds is 1. The summed E-state index contributed by atoms with van der Waals surface area (Å²) in [7, 11) is 1.92. The van der Waals surface area contributed by atoms with Gasteiger partial charge in [0.2, 0.25) is 0 Å². The zero-order valence-corrected chi connectivity index (χ0v) is 9.77. The number of anilines is 1. The second-order valence-corrected chi connectivity index (χ2v) is 4.21. The lowest BCUT2D eigenvalue weighted by Gasteiger charge is -2.06. The van der Waals surface area contributed by atoms with E-state index >= 15 is 0 Å². The molecule has 0 aliphatic heterocycles. The predicted molar refractivity (Wildman–Crippen MR) is 67.6 cm³/mol. The molecule has 17 heavy (non-hydrogen) atoms. The van der Waals surface area contributed by atoms with Crippen molar-refractivity contribution in [1.82, 2.24) is 9.78 Å². The fourth-order valence-corrected chi connectivity index (χ4v) is 2.22. The molecule has 0 spiro atoms. The van der Waals surface area contributed by atoms with Crippen LogP contribution in [0.4, 0.5) is 5.69 Å². The molecule has 0 amide bonds. The third-order valence-electron chi connectivity index (χ3n) is 2.95. The number of hydrogen-bond donors (Lipinski definition) is 1.